The molecule has 18 heavy (non-hydrogen) atoms. The molecule has 0 atom stereocenters. The third-order valence-corrected chi connectivity index (χ3v) is 3.97. The van der Waals surface area contributed by atoms with Gasteiger partial charge >= 0.3 is 6.18 Å². The molecule has 0 aliphatic carbocycles. The van der Waals surface area contributed by atoms with Gasteiger partial charge in [-0.05, 0) is 23.7 Å². The van der Waals surface area contributed by atoms with E-state index >= 15 is 0 Å². The lowest BCUT2D eigenvalue weighted by atomic mass is 10.2. The molecule has 1 heterocycles. The molecular formula is C8H3Cl2F3N2O2S. The first-order chi connectivity index (χ1) is 8.11. The van der Waals surface area contributed by atoms with Crippen molar-refractivity contribution in [2.45, 2.75) is 11.1 Å². The molecule has 0 spiro atoms. The first kappa shape index (κ1) is 13.4. The summed E-state index contributed by atoms with van der Waals surface area (Å²) in [6, 6.07) is 1.06. The highest BCUT2D eigenvalue weighted by Gasteiger charge is 2.35. The molecule has 1 N–H and O–H groups in total. The van der Waals surface area contributed by atoms with Gasteiger partial charge in [0.15, 0.2) is 0 Å². The first-order valence-electron chi connectivity index (χ1n) is 4.29. The highest BCUT2D eigenvalue weighted by Crippen LogP contribution is 2.40. The second kappa shape index (κ2) is 4.01. The summed E-state index contributed by atoms with van der Waals surface area (Å²) in [4.78, 5) is -0.660. The molecule has 0 amide bonds. The van der Waals surface area contributed by atoms with Crippen molar-refractivity contribution in [3.05, 3.63) is 22.7 Å². The number of sulfonamides is 1. The number of amidine groups is 1. The van der Waals surface area contributed by atoms with E-state index in [1.165, 1.54) is 0 Å². The highest BCUT2D eigenvalue weighted by atomic mass is 35.5. The number of alkyl halides is 3. The van der Waals surface area contributed by atoms with E-state index in [9.17, 15) is 21.6 Å². The smallest absolute Gasteiger partial charge is 0.327 e. The number of anilines is 1. The van der Waals surface area contributed by atoms with Crippen molar-refractivity contribution in [3.8, 4) is 0 Å². The Bertz CT molecular complexity index is 655. The molecule has 0 saturated heterocycles. The van der Waals surface area contributed by atoms with Gasteiger partial charge < -0.3 is 5.32 Å². The van der Waals surface area contributed by atoms with Gasteiger partial charge in [0.1, 0.15) is 4.90 Å². The Morgan fingerprint density at radius 1 is 1.22 bits per heavy atom. The van der Waals surface area contributed by atoms with E-state index in [2.05, 4.69) is 9.71 Å². The maximum absolute atomic E-state index is 12.5. The van der Waals surface area contributed by atoms with Crippen LogP contribution in [-0.4, -0.2) is 13.7 Å². The number of fused-ring (bicyclic) bond motifs is 1. The van der Waals surface area contributed by atoms with Crippen LogP contribution in [0.25, 0.3) is 0 Å². The fourth-order valence-corrected chi connectivity index (χ4v) is 3.09. The first-order valence-corrected chi connectivity index (χ1v) is 6.49. The van der Waals surface area contributed by atoms with Crippen LogP contribution in [-0.2, 0) is 16.2 Å². The Labute approximate surface area is 109 Å². The van der Waals surface area contributed by atoms with Crippen molar-refractivity contribution in [1.82, 2.24) is 0 Å². The Morgan fingerprint density at radius 2 is 1.83 bits per heavy atom. The standard InChI is InChI=1S/C8H3Cl2F3N2O2S/c9-4-1-3(8(11,12)13)2-5-6(4)14-7(10)15-18(5,16)17/h1-2H,(H,14,15). The van der Waals surface area contributed by atoms with Crippen LogP contribution in [0.15, 0.2) is 21.4 Å². The summed E-state index contributed by atoms with van der Waals surface area (Å²) in [6.45, 7) is 0. The summed E-state index contributed by atoms with van der Waals surface area (Å²) in [5, 5.41) is 1.41. The van der Waals surface area contributed by atoms with E-state index in [0.29, 0.717) is 12.1 Å². The van der Waals surface area contributed by atoms with Gasteiger partial charge in [-0.25, -0.2) is 0 Å². The van der Waals surface area contributed by atoms with E-state index < -0.39 is 37.0 Å². The van der Waals surface area contributed by atoms with E-state index in [4.69, 9.17) is 23.2 Å². The molecule has 0 bridgehead atoms. The Balaban J connectivity index is 2.75. The maximum atomic E-state index is 12.5. The molecule has 0 aromatic heterocycles. The molecule has 4 nitrogen and oxygen atoms in total. The molecule has 10 heteroatoms. The van der Waals surface area contributed by atoms with Crippen LogP contribution in [0, 0.1) is 0 Å². The maximum Gasteiger partial charge on any atom is 0.416 e. The second-order valence-electron chi connectivity index (χ2n) is 3.31. The van der Waals surface area contributed by atoms with Gasteiger partial charge in [0.2, 0.25) is 5.29 Å². The monoisotopic (exact) mass is 318 g/mol. The lowest BCUT2D eigenvalue weighted by molar-refractivity contribution is -0.137. The zero-order valence-electron chi connectivity index (χ0n) is 8.22. The van der Waals surface area contributed by atoms with Gasteiger partial charge in [0, 0.05) is 0 Å². The van der Waals surface area contributed by atoms with E-state index in [1.54, 1.807) is 0 Å². The zero-order valence-corrected chi connectivity index (χ0v) is 10.5. The number of halogens is 5. The van der Waals surface area contributed by atoms with Crippen LogP contribution >= 0.6 is 23.2 Å². The van der Waals surface area contributed by atoms with Crippen LogP contribution in [0.1, 0.15) is 5.56 Å². The van der Waals surface area contributed by atoms with Crippen molar-refractivity contribution in [3.63, 3.8) is 0 Å². The second-order valence-corrected chi connectivity index (χ2v) is 5.65. The van der Waals surface area contributed by atoms with Gasteiger partial charge in [0.25, 0.3) is 10.0 Å². The van der Waals surface area contributed by atoms with Crippen LogP contribution in [0.4, 0.5) is 18.9 Å². The number of rotatable bonds is 0. The molecule has 1 aliphatic rings. The molecule has 1 aromatic carbocycles. The summed E-state index contributed by atoms with van der Waals surface area (Å²) in [5.74, 6) is 0. The van der Waals surface area contributed by atoms with Crippen LogP contribution < -0.4 is 5.32 Å². The average molecular weight is 319 g/mol. The van der Waals surface area contributed by atoms with Crippen LogP contribution in [0.3, 0.4) is 0 Å². The lowest BCUT2D eigenvalue weighted by Gasteiger charge is -2.18. The summed E-state index contributed by atoms with van der Waals surface area (Å²) in [5.41, 5.74) is -1.39. The molecule has 98 valence electrons. The van der Waals surface area contributed by atoms with Crippen molar-refractivity contribution < 1.29 is 21.6 Å². The molecular weight excluding hydrogens is 316 g/mol. The highest BCUT2D eigenvalue weighted by molar-refractivity contribution is 7.90. The Kier molecular flexibility index (Phi) is 2.99. The van der Waals surface area contributed by atoms with Crippen LogP contribution in [0.5, 0.6) is 0 Å². The topological polar surface area (TPSA) is 58.5 Å². The van der Waals surface area contributed by atoms with Gasteiger partial charge in [0.05, 0.1) is 16.3 Å². The lowest BCUT2D eigenvalue weighted by Crippen LogP contribution is -2.18. The summed E-state index contributed by atoms with van der Waals surface area (Å²) < 4.78 is 63.8. The predicted molar refractivity (Wildman–Crippen MR) is 60.6 cm³/mol. The van der Waals surface area contributed by atoms with Gasteiger partial charge in [-0.15, -0.1) is 4.40 Å². The Morgan fingerprint density at radius 3 is 2.39 bits per heavy atom. The molecule has 0 fully saturated rings. The third-order valence-electron chi connectivity index (χ3n) is 2.09. The van der Waals surface area contributed by atoms with E-state index in [1.807, 2.05) is 0 Å². The third kappa shape index (κ3) is 2.27. The summed E-state index contributed by atoms with van der Waals surface area (Å²) >= 11 is 11.0. The van der Waals surface area contributed by atoms with Gasteiger partial charge in [-0.1, -0.05) is 11.6 Å². The molecule has 1 aromatic rings. The van der Waals surface area contributed by atoms with Crippen LogP contribution in [0.2, 0.25) is 5.02 Å². The zero-order chi connectivity index (χ0) is 13.7. The molecule has 0 unspecified atom stereocenters. The minimum absolute atomic E-state index is 0.218. The van der Waals surface area contributed by atoms with Gasteiger partial charge in [-0.2, -0.15) is 21.6 Å². The van der Waals surface area contributed by atoms with Crippen molar-refractivity contribution in [2.24, 2.45) is 4.40 Å². The minimum atomic E-state index is -4.71. The normalized spacial score (nSPS) is 17.7. The van der Waals surface area contributed by atoms with Crippen molar-refractivity contribution in [1.29, 1.82) is 0 Å². The molecule has 0 saturated carbocycles. The predicted octanol–water partition coefficient (Wildman–Crippen LogP) is 3.07. The number of benzene rings is 1. The van der Waals surface area contributed by atoms with E-state index in [-0.39, 0.29) is 5.69 Å². The van der Waals surface area contributed by atoms with Gasteiger partial charge in [-0.3, -0.25) is 0 Å². The molecule has 0 radical (unpaired) electrons. The fourth-order valence-electron chi connectivity index (χ4n) is 1.35. The summed E-state index contributed by atoms with van der Waals surface area (Å²) in [7, 11) is -4.29. The average Bonchev–Trinajstić information content (AvgIpc) is 2.16. The Hall–Kier alpha value is -0.990. The minimum Gasteiger partial charge on any atom is -0.327 e. The quantitative estimate of drug-likeness (QED) is 0.748. The number of nitrogens with one attached hydrogen (secondary N) is 1. The van der Waals surface area contributed by atoms with E-state index in [0.717, 1.165) is 0 Å². The number of nitrogens with zero attached hydrogens (tertiary/aromatic N) is 1. The summed E-state index contributed by atoms with van der Waals surface area (Å²) in [6.07, 6.45) is -4.71. The number of hydrogen-bond donors (Lipinski definition) is 1. The number of hydrogen-bond acceptors (Lipinski definition) is 3. The molecule has 2 rings (SSSR count). The largest absolute Gasteiger partial charge is 0.416 e. The fraction of sp³-hybridized carbons (Fsp3) is 0.125. The molecule has 1 aliphatic heterocycles. The van der Waals surface area contributed by atoms with Crippen molar-refractivity contribution in [2.75, 3.05) is 5.32 Å². The SMILES string of the molecule is O=S1(=O)N=C(Cl)Nc2c(Cl)cc(C(F)(F)F)cc21. The van der Waals surface area contributed by atoms with Crippen molar-refractivity contribution >= 4 is 44.2 Å².